The Hall–Kier alpha value is -0.830. The molecule has 82 valence electrons. The highest BCUT2D eigenvalue weighted by Gasteiger charge is 1.95. The van der Waals surface area contributed by atoms with Crippen molar-refractivity contribution < 1.29 is 9.53 Å². The van der Waals surface area contributed by atoms with Crippen molar-refractivity contribution in [3.05, 3.63) is 28.7 Å². The van der Waals surface area contributed by atoms with E-state index in [2.05, 4.69) is 15.9 Å². The Labute approximate surface area is 98.8 Å². The Morgan fingerprint density at radius 3 is 2.53 bits per heavy atom. The number of benzene rings is 1. The van der Waals surface area contributed by atoms with Crippen molar-refractivity contribution in [3.63, 3.8) is 0 Å². The van der Waals surface area contributed by atoms with Gasteiger partial charge in [0.15, 0.2) is 0 Å². The first kappa shape index (κ1) is 12.2. The van der Waals surface area contributed by atoms with Gasteiger partial charge in [-0.25, -0.2) is 0 Å². The molecule has 0 saturated heterocycles. The van der Waals surface area contributed by atoms with E-state index in [1.165, 1.54) is 0 Å². The number of ether oxygens (including phenoxy) is 1. The van der Waals surface area contributed by atoms with Crippen LogP contribution in [-0.2, 0) is 4.79 Å². The van der Waals surface area contributed by atoms with Gasteiger partial charge in [0.25, 0.3) is 0 Å². The molecular weight excluding hydrogens is 256 g/mol. The summed E-state index contributed by atoms with van der Waals surface area (Å²) >= 11 is 3.36. The summed E-state index contributed by atoms with van der Waals surface area (Å²) in [6.07, 6.45) is 2.49. The van der Waals surface area contributed by atoms with E-state index in [0.717, 1.165) is 23.1 Å². The number of hydrogen-bond donors (Lipinski definition) is 0. The SMILES string of the molecule is CC(=O)CCCCOc1ccc(Br)cc1. The van der Waals surface area contributed by atoms with Crippen LogP contribution in [0.4, 0.5) is 0 Å². The minimum absolute atomic E-state index is 0.249. The van der Waals surface area contributed by atoms with Crippen molar-refractivity contribution in [3.8, 4) is 5.75 Å². The van der Waals surface area contributed by atoms with Crippen LogP contribution in [0.5, 0.6) is 5.75 Å². The zero-order valence-electron chi connectivity index (χ0n) is 8.83. The average Bonchev–Trinajstić information content (AvgIpc) is 2.20. The van der Waals surface area contributed by atoms with E-state index in [0.29, 0.717) is 13.0 Å². The van der Waals surface area contributed by atoms with E-state index in [9.17, 15) is 4.79 Å². The van der Waals surface area contributed by atoms with Crippen molar-refractivity contribution >= 4 is 21.7 Å². The summed E-state index contributed by atoms with van der Waals surface area (Å²) in [6, 6.07) is 7.75. The van der Waals surface area contributed by atoms with Gasteiger partial charge in [0.05, 0.1) is 6.61 Å². The summed E-state index contributed by atoms with van der Waals surface area (Å²) in [4.78, 5) is 10.7. The van der Waals surface area contributed by atoms with Crippen molar-refractivity contribution in [1.82, 2.24) is 0 Å². The predicted molar refractivity (Wildman–Crippen MR) is 64.2 cm³/mol. The Balaban J connectivity index is 2.15. The Bertz CT molecular complexity index is 306. The largest absolute Gasteiger partial charge is 0.494 e. The molecule has 0 N–H and O–H groups in total. The number of hydrogen-bond acceptors (Lipinski definition) is 2. The lowest BCUT2D eigenvalue weighted by Crippen LogP contribution is -1.98. The number of rotatable bonds is 6. The molecule has 0 bridgehead atoms. The van der Waals surface area contributed by atoms with Crippen molar-refractivity contribution in [2.24, 2.45) is 0 Å². The second kappa shape index (κ2) is 6.62. The summed E-state index contributed by atoms with van der Waals surface area (Å²) in [5.74, 6) is 1.12. The lowest BCUT2D eigenvalue weighted by molar-refractivity contribution is -0.117. The maximum atomic E-state index is 10.7. The lowest BCUT2D eigenvalue weighted by Gasteiger charge is -2.05. The van der Waals surface area contributed by atoms with Crippen LogP contribution in [-0.4, -0.2) is 12.4 Å². The van der Waals surface area contributed by atoms with Crippen molar-refractivity contribution in [2.75, 3.05) is 6.61 Å². The molecule has 0 saturated carbocycles. The third-order valence-corrected chi connectivity index (χ3v) is 2.53. The molecule has 0 atom stereocenters. The fourth-order valence-electron chi connectivity index (χ4n) is 1.20. The zero-order chi connectivity index (χ0) is 11.1. The van der Waals surface area contributed by atoms with E-state index in [-0.39, 0.29) is 5.78 Å². The van der Waals surface area contributed by atoms with Crippen LogP contribution in [0, 0.1) is 0 Å². The van der Waals surface area contributed by atoms with Gasteiger partial charge in [-0.15, -0.1) is 0 Å². The van der Waals surface area contributed by atoms with Gasteiger partial charge in [-0.1, -0.05) is 15.9 Å². The molecule has 0 aliphatic rings. The molecule has 1 rings (SSSR count). The minimum atomic E-state index is 0.249. The van der Waals surface area contributed by atoms with Gasteiger partial charge in [0, 0.05) is 10.9 Å². The molecule has 0 unspecified atom stereocenters. The van der Waals surface area contributed by atoms with Crippen LogP contribution in [0.2, 0.25) is 0 Å². The molecule has 2 nitrogen and oxygen atoms in total. The Morgan fingerprint density at radius 2 is 1.93 bits per heavy atom. The van der Waals surface area contributed by atoms with Gasteiger partial charge in [-0.3, -0.25) is 0 Å². The first-order valence-corrected chi connectivity index (χ1v) is 5.85. The van der Waals surface area contributed by atoms with Gasteiger partial charge in [-0.05, 0) is 44.0 Å². The predicted octanol–water partition coefficient (Wildman–Crippen LogP) is 3.59. The van der Waals surface area contributed by atoms with Gasteiger partial charge in [0.2, 0.25) is 0 Å². The van der Waals surface area contributed by atoms with Gasteiger partial charge in [0.1, 0.15) is 11.5 Å². The standard InChI is InChI=1S/C12H15BrO2/c1-10(14)4-2-3-9-15-12-7-5-11(13)6-8-12/h5-8H,2-4,9H2,1H3. The molecule has 0 aliphatic carbocycles. The third-order valence-electron chi connectivity index (χ3n) is 2.01. The average molecular weight is 271 g/mol. The summed E-state index contributed by atoms with van der Waals surface area (Å²) in [5, 5.41) is 0. The lowest BCUT2D eigenvalue weighted by atomic mass is 10.2. The summed E-state index contributed by atoms with van der Waals surface area (Å²) in [7, 11) is 0. The first-order chi connectivity index (χ1) is 7.18. The van der Waals surface area contributed by atoms with Crippen LogP contribution in [0.3, 0.4) is 0 Å². The molecule has 0 fully saturated rings. The Kier molecular flexibility index (Phi) is 5.40. The molecule has 0 heterocycles. The van der Waals surface area contributed by atoms with Crippen LogP contribution in [0.1, 0.15) is 26.2 Å². The van der Waals surface area contributed by atoms with Crippen LogP contribution < -0.4 is 4.74 Å². The first-order valence-electron chi connectivity index (χ1n) is 5.06. The molecule has 0 spiro atoms. The summed E-state index contributed by atoms with van der Waals surface area (Å²) < 4.78 is 6.56. The monoisotopic (exact) mass is 270 g/mol. The number of unbranched alkanes of at least 4 members (excludes halogenated alkanes) is 1. The van der Waals surface area contributed by atoms with Crippen LogP contribution in [0.15, 0.2) is 28.7 Å². The molecule has 0 aliphatic heterocycles. The van der Waals surface area contributed by atoms with E-state index in [1.807, 2.05) is 24.3 Å². The smallest absolute Gasteiger partial charge is 0.129 e. The van der Waals surface area contributed by atoms with Crippen LogP contribution in [0.25, 0.3) is 0 Å². The molecule has 0 radical (unpaired) electrons. The van der Waals surface area contributed by atoms with Gasteiger partial charge >= 0.3 is 0 Å². The zero-order valence-corrected chi connectivity index (χ0v) is 10.4. The topological polar surface area (TPSA) is 26.3 Å². The summed E-state index contributed by atoms with van der Waals surface area (Å²) in [5.41, 5.74) is 0. The van der Waals surface area contributed by atoms with E-state index < -0.39 is 0 Å². The quantitative estimate of drug-likeness (QED) is 0.739. The molecule has 3 heteroatoms. The molecule has 1 aromatic carbocycles. The maximum absolute atomic E-state index is 10.7. The fourth-order valence-corrected chi connectivity index (χ4v) is 1.46. The second-order valence-electron chi connectivity index (χ2n) is 3.46. The van der Waals surface area contributed by atoms with Gasteiger partial charge < -0.3 is 9.53 Å². The Morgan fingerprint density at radius 1 is 1.27 bits per heavy atom. The number of Topliss-reactive ketones (excluding diaryl/α,β-unsaturated/α-hetero) is 1. The van der Waals surface area contributed by atoms with Crippen molar-refractivity contribution in [1.29, 1.82) is 0 Å². The highest BCUT2D eigenvalue weighted by Crippen LogP contribution is 2.16. The number of carbonyl (C=O) groups excluding carboxylic acids is 1. The molecule has 0 aromatic heterocycles. The minimum Gasteiger partial charge on any atom is -0.494 e. The van der Waals surface area contributed by atoms with Crippen LogP contribution >= 0.6 is 15.9 Å². The molecule has 1 aromatic rings. The molecule has 0 amide bonds. The van der Waals surface area contributed by atoms with E-state index in [4.69, 9.17) is 4.74 Å². The number of carbonyl (C=O) groups is 1. The highest BCUT2D eigenvalue weighted by molar-refractivity contribution is 9.10. The van der Waals surface area contributed by atoms with E-state index >= 15 is 0 Å². The molecular formula is C12H15BrO2. The third kappa shape index (κ3) is 5.57. The highest BCUT2D eigenvalue weighted by atomic mass is 79.9. The maximum Gasteiger partial charge on any atom is 0.129 e. The van der Waals surface area contributed by atoms with E-state index in [1.54, 1.807) is 6.92 Å². The summed E-state index contributed by atoms with van der Waals surface area (Å²) in [6.45, 7) is 2.30. The number of halogens is 1. The van der Waals surface area contributed by atoms with Gasteiger partial charge in [-0.2, -0.15) is 0 Å². The van der Waals surface area contributed by atoms with Crippen molar-refractivity contribution in [2.45, 2.75) is 26.2 Å². The second-order valence-corrected chi connectivity index (χ2v) is 4.38. The molecule has 15 heavy (non-hydrogen) atoms. The number of ketones is 1. The fraction of sp³-hybridized carbons (Fsp3) is 0.417. The normalized spacial score (nSPS) is 10.0.